The van der Waals surface area contributed by atoms with Gasteiger partial charge in [0.05, 0.1) is 12.7 Å². The van der Waals surface area contributed by atoms with Crippen LogP contribution < -0.4 is 0 Å². The second-order valence-electron chi connectivity index (χ2n) is 5.42. The molecule has 1 fully saturated rings. The monoisotopic (exact) mass is 282 g/mol. The third kappa shape index (κ3) is 4.53. The van der Waals surface area contributed by atoms with E-state index in [1.165, 1.54) is 25.7 Å². The van der Waals surface area contributed by atoms with E-state index in [1.807, 2.05) is 18.0 Å². The second-order valence-corrected chi connectivity index (χ2v) is 6.48. The van der Waals surface area contributed by atoms with E-state index in [9.17, 15) is 0 Å². The molecule has 1 aromatic heterocycles. The summed E-state index contributed by atoms with van der Waals surface area (Å²) >= 11 is 1.81. The lowest BCUT2D eigenvalue weighted by Crippen LogP contribution is -2.26. The third-order valence-corrected chi connectivity index (χ3v) is 4.79. The van der Waals surface area contributed by atoms with Crippen LogP contribution in [-0.4, -0.2) is 28.0 Å². The van der Waals surface area contributed by atoms with E-state index in [1.54, 1.807) is 0 Å². The average Bonchev–Trinajstić information content (AvgIpc) is 2.85. The minimum absolute atomic E-state index is 0.490. The maximum Gasteiger partial charge on any atom is 0.168 e. The highest BCUT2D eigenvalue weighted by Gasteiger charge is 2.21. The molecule has 0 N–H and O–H groups in total. The lowest BCUT2D eigenvalue weighted by atomic mass is 9.88. The normalized spacial score (nSPS) is 23.7. The van der Waals surface area contributed by atoms with Gasteiger partial charge in [-0.2, -0.15) is 0 Å². The van der Waals surface area contributed by atoms with Gasteiger partial charge < -0.3 is 9.30 Å². The minimum atomic E-state index is 0.490. The van der Waals surface area contributed by atoms with E-state index in [2.05, 4.69) is 29.6 Å². The standard InChI is InChI=1S/C15H26N2OS/c1-3-9-17-10-8-16-15(17)19-12-11-18-14-7-5-4-6-13(14)2/h8,10,13-14H,3-7,9,11-12H2,1-2H3/t13-,14-/m1/s1. The molecule has 108 valence electrons. The summed E-state index contributed by atoms with van der Waals surface area (Å²) in [7, 11) is 0. The van der Waals surface area contributed by atoms with Gasteiger partial charge in [0.25, 0.3) is 0 Å². The Morgan fingerprint density at radius 2 is 2.26 bits per heavy atom. The van der Waals surface area contributed by atoms with Crippen LogP contribution in [0.1, 0.15) is 46.0 Å². The Kier molecular flexibility index (Phi) is 6.24. The number of rotatable bonds is 7. The van der Waals surface area contributed by atoms with Crippen molar-refractivity contribution in [2.45, 2.75) is 63.8 Å². The third-order valence-electron chi connectivity index (χ3n) is 3.82. The van der Waals surface area contributed by atoms with E-state index in [0.29, 0.717) is 6.10 Å². The first kappa shape index (κ1) is 14.9. The number of imidazole rings is 1. The van der Waals surface area contributed by atoms with Crippen LogP contribution in [0, 0.1) is 5.92 Å². The van der Waals surface area contributed by atoms with Crippen molar-refractivity contribution in [2.24, 2.45) is 5.92 Å². The molecule has 1 saturated carbocycles. The summed E-state index contributed by atoms with van der Waals surface area (Å²) in [6.45, 7) is 6.43. The summed E-state index contributed by atoms with van der Waals surface area (Å²) in [4.78, 5) is 4.40. The second kappa shape index (κ2) is 7.95. The van der Waals surface area contributed by atoms with Crippen LogP contribution in [0.3, 0.4) is 0 Å². The molecule has 1 aromatic rings. The summed E-state index contributed by atoms with van der Waals surface area (Å²) in [5, 5.41) is 1.13. The molecule has 0 spiro atoms. The van der Waals surface area contributed by atoms with Gasteiger partial charge in [-0.05, 0) is 25.2 Å². The topological polar surface area (TPSA) is 27.1 Å². The number of nitrogens with zero attached hydrogens (tertiary/aromatic N) is 2. The lowest BCUT2D eigenvalue weighted by molar-refractivity contribution is 0.00345. The van der Waals surface area contributed by atoms with Crippen LogP contribution >= 0.6 is 11.8 Å². The van der Waals surface area contributed by atoms with Crippen molar-refractivity contribution in [1.29, 1.82) is 0 Å². The van der Waals surface area contributed by atoms with Gasteiger partial charge in [0.2, 0.25) is 0 Å². The van der Waals surface area contributed by atoms with E-state index >= 15 is 0 Å². The molecule has 2 atom stereocenters. The van der Waals surface area contributed by atoms with Gasteiger partial charge in [-0.25, -0.2) is 4.98 Å². The molecule has 0 amide bonds. The first-order valence-corrected chi connectivity index (χ1v) is 8.55. The van der Waals surface area contributed by atoms with Crippen molar-refractivity contribution in [2.75, 3.05) is 12.4 Å². The molecule has 4 heteroatoms. The summed E-state index contributed by atoms with van der Waals surface area (Å²) < 4.78 is 8.27. The van der Waals surface area contributed by atoms with E-state index in [-0.39, 0.29) is 0 Å². The van der Waals surface area contributed by atoms with Crippen LogP contribution in [0.4, 0.5) is 0 Å². The van der Waals surface area contributed by atoms with Gasteiger partial charge in [0.15, 0.2) is 5.16 Å². The lowest BCUT2D eigenvalue weighted by Gasteiger charge is -2.28. The maximum absolute atomic E-state index is 6.04. The molecule has 1 heterocycles. The average molecular weight is 282 g/mol. The van der Waals surface area contributed by atoms with Crippen LogP contribution in [-0.2, 0) is 11.3 Å². The SMILES string of the molecule is CCCn1ccnc1SCCO[C@@H]1CCCC[C@H]1C. The fraction of sp³-hybridized carbons (Fsp3) is 0.800. The fourth-order valence-corrected chi connectivity index (χ4v) is 3.52. The zero-order valence-corrected chi connectivity index (χ0v) is 13.0. The van der Waals surface area contributed by atoms with Crippen LogP contribution in [0.25, 0.3) is 0 Å². The van der Waals surface area contributed by atoms with Gasteiger partial charge in [-0.3, -0.25) is 0 Å². The number of hydrogen-bond donors (Lipinski definition) is 0. The smallest absolute Gasteiger partial charge is 0.168 e. The Balaban J connectivity index is 1.67. The predicted octanol–water partition coefficient (Wildman–Crippen LogP) is 3.98. The number of hydrogen-bond acceptors (Lipinski definition) is 3. The molecule has 0 aliphatic heterocycles. The van der Waals surface area contributed by atoms with E-state index in [0.717, 1.165) is 36.4 Å². The van der Waals surface area contributed by atoms with Crippen molar-refractivity contribution in [3.8, 4) is 0 Å². The highest BCUT2D eigenvalue weighted by atomic mass is 32.2. The molecule has 2 rings (SSSR count). The molecule has 0 unspecified atom stereocenters. The van der Waals surface area contributed by atoms with Crippen molar-refractivity contribution in [3.05, 3.63) is 12.4 Å². The Bertz CT molecular complexity index is 367. The van der Waals surface area contributed by atoms with E-state index < -0.39 is 0 Å². The summed E-state index contributed by atoms with van der Waals surface area (Å²) in [6.07, 6.45) is 10.9. The van der Waals surface area contributed by atoms with Gasteiger partial charge in [-0.15, -0.1) is 0 Å². The first-order valence-electron chi connectivity index (χ1n) is 7.56. The zero-order valence-electron chi connectivity index (χ0n) is 12.2. The molecular formula is C15H26N2OS. The van der Waals surface area contributed by atoms with Crippen molar-refractivity contribution in [3.63, 3.8) is 0 Å². The Morgan fingerprint density at radius 1 is 1.42 bits per heavy atom. The van der Waals surface area contributed by atoms with Crippen LogP contribution in [0.2, 0.25) is 0 Å². The van der Waals surface area contributed by atoms with Crippen LogP contribution in [0.5, 0.6) is 0 Å². The number of aryl methyl sites for hydroxylation is 1. The van der Waals surface area contributed by atoms with Gasteiger partial charge in [0.1, 0.15) is 0 Å². The van der Waals surface area contributed by atoms with Crippen LogP contribution in [0.15, 0.2) is 17.6 Å². The molecule has 1 aliphatic rings. The minimum Gasteiger partial charge on any atom is -0.377 e. The Hall–Kier alpha value is -0.480. The Morgan fingerprint density at radius 3 is 3.05 bits per heavy atom. The zero-order chi connectivity index (χ0) is 13.5. The number of ether oxygens (including phenoxy) is 1. The predicted molar refractivity (Wildman–Crippen MR) is 80.6 cm³/mol. The first-order chi connectivity index (χ1) is 9.31. The fourth-order valence-electron chi connectivity index (χ4n) is 2.71. The van der Waals surface area contributed by atoms with Gasteiger partial charge in [-0.1, -0.05) is 38.5 Å². The molecular weight excluding hydrogens is 256 g/mol. The Labute approximate surface area is 121 Å². The maximum atomic E-state index is 6.04. The van der Waals surface area contributed by atoms with Crippen molar-refractivity contribution < 1.29 is 4.74 Å². The summed E-state index contributed by atoms with van der Waals surface area (Å²) in [6, 6.07) is 0. The molecule has 0 radical (unpaired) electrons. The van der Waals surface area contributed by atoms with Crippen molar-refractivity contribution >= 4 is 11.8 Å². The molecule has 1 aliphatic carbocycles. The molecule has 3 nitrogen and oxygen atoms in total. The highest BCUT2D eigenvalue weighted by Crippen LogP contribution is 2.26. The quantitative estimate of drug-likeness (QED) is 0.559. The highest BCUT2D eigenvalue weighted by molar-refractivity contribution is 7.99. The molecule has 0 bridgehead atoms. The number of thioether (sulfide) groups is 1. The summed E-state index contributed by atoms with van der Waals surface area (Å²) in [5.41, 5.74) is 0. The van der Waals surface area contributed by atoms with Crippen molar-refractivity contribution in [1.82, 2.24) is 9.55 Å². The molecule has 19 heavy (non-hydrogen) atoms. The molecule has 0 saturated heterocycles. The molecule has 0 aromatic carbocycles. The summed E-state index contributed by atoms with van der Waals surface area (Å²) in [5.74, 6) is 1.74. The van der Waals surface area contributed by atoms with E-state index in [4.69, 9.17) is 4.74 Å². The number of aromatic nitrogens is 2. The van der Waals surface area contributed by atoms with Gasteiger partial charge in [0, 0.05) is 24.7 Å². The largest absolute Gasteiger partial charge is 0.377 e. The van der Waals surface area contributed by atoms with Gasteiger partial charge >= 0.3 is 0 Å².